The van der Waals surface area contributed by atoms with Gasteiger partial charge < -0.3 is 0 Å². The number of benzene rings is 1. The number of hydrogen-bond acceptors (Lipinski definition) is 2. The summed E-state index contributed by atoms with van der Waals surface area (Å²) in [7, 11) is 0. The molecule has 0 aliphatic rings. The summed E-state index contributed by atoms with van der Waals surface area (Å²) in [5.74, 6) is 0. The number of hydrogen-bond donors (Lipinski definition) is 0. The monoisotopic (exact) mass is 144 g/mol. The van der Waals surface area contributed by atoms with Crippen molar-refractivity contribution in [1.82, 2.24) is 10.2 Å². The quantitative estimate of drug-likeness (QED) is 0.564. The second-order valence-corrected chi connectivity index (χ2v) is 2.54. The highest BCUT2D eigenvalue weighted by Crippen LogP contribution is 2.12. The van der Waals surface area contributed by atoms with Crippen LogP contribution in [-0.4, -0.2) is 10.2 Å². The first-order valence-electron chi connectivity index (χ1n) is 3.55. The molecule has 1 heterocycles. The van der Waals surface area contributed by atoms with E-state index in [1.54, 1.807) is 6.20 Å². The maximum atomic E-state index is 3.99. The fourth-order valence-electron chi connectivity index (χ4n) is 1.14. The van der Waals surface area contributed by atoms with E-state index in [0.29, 0.717) is 0 Å². The summed E-state index contributed by atoms with van der Waals surface area (Å²) in [5.41, 5.74) is 2.14. The molecule has 0 radical (unpaired) electrons. The van der Waals surface area contributed by atoms with E-state index in [1.165, 1.54) is 10.9 Å². The number of nitrogens with zero attached hydrogens (tertiary/aromatic N) is 2. The summed E-state index contributed by atoms with van der Waals surface area (Å²) in [5, 5.41) is 9.04. The third-order valence-corrected chi connectivity index (χ3v) is 1.75. The molecular weight excluding hydrogens is 136 g/mol. The molecule has 0 bridgehead atoms. The van der Waals surface area contributed by atoms with Gasteiger partial charge in [-0.15, -0.1) is 0 Å². The molecule has 2 nitrogen and oxygen atoms in total. The van der Waals surface area contributed by atoms with Gasteiger partial charge in [0, 0.05) is 5.39 Å². The molecule has 1 aromatic heterocycles. The van der Waals surface area contributed by atoms with E-state index in [9.17, 15) is 0 Å². The van der Waals surface area contributed by atoms with Crippen molar-refractivity contribution < 1.29 is 0 Å². The van der Waals surface area contributed by atoms with Crippen LogP contribution in [0.5, 0.6) is 0 Å². The molecule has 0 unspecified atom stereocenters. The molecule has 2 heteroatoms. The molecule has 0 spiro atoms. The number of aryl methyl sites for hydroxylation is 1. The van der Waals surface area contributed by atoms with Crippen molar-refractivity contribution >= 4 is 10.9 Å². The first-order chi connectivity index (χ1) is 5.38. The third-order valence-electron chi connectivity index (χ3n) is 1.75. The Bertz CT molecular complexity index is 377. The van der Waals surface area contributed by atoms with Gasteiger partial charge in [0.05, 0.1) is 11.7 Å². The Morgan fingerprint density at radius 1 is 1.18 bits per heavy atom. The molecule has 0 saturated carbocycles. The van der Waals surface area contributed by atoms with Crippen LogP contribution in [-0.2, 0) is 0 Å². The Labute approximate surface area is 64.9 Å². The van der Waals surface area contributed by atoms with Gasteiger partial charge in [-0.3, -0.25) is 0 Å². The predicted molar refractivity (Wildman–Crippen MR) is 44.3 cm³/mol. The third kappa shape index (κ3) is 0.963. The van der Waals surface area contributed by atoms with Crippen molar-refractivity contribution in [2.24, 2.45) is 0 Å². The SMILES string of the molecule is Cc1cnnc2ccccc12. The van der Waals surface area contributed by atoms with Crippen LogP contribution in [0.3, 0.4) is 0 Å². The Hall–Kier alpha value is -1.44. The molecule has 0 aliphatic heterocycles. The minimum Gasteiger partial charge on any atom is -0.158 e. The molecule has 2 aromatic rings. The van der Waals surface area contributed by atoms with Crippen LogP contribution in [0.15, 0.2) is 30.5 Å². The maximum absolute atomic E-state index is 3.99. The fourth-order valence-corrected chi connectivity index (χ4v) is 1.14. The van der Waals surface area contributed by atoms with Gasteiger partial charge in [-0.05, 0) is 18.6 Å². The summed E-state index contributed by atoms with van der Waals surface area (Å²) < 4.78 is 0. The van der Waals surface area contributed by atoms with E-state index >= 15 is 0 Å². The van der Waals surface area contributed by atoms with Gasteiger partial charge in [-0.1, -0.05) is 18.2 Å². The molecule has 0 saturated heterocycles. The predicted octanol–water partition coefficient (Wildman–Crippen LogP) is 1.94. The lowest BCUT2D eigenvalue weighted by atomic mass is 10.1. The molecule has 2 rings (SSSR count). The van der Waals surface area contributed by atoms with Crippen molar-refractivity contribution in [3.05, 3.63) is 36.0 Å². The second kappa shape index (κ2) is 2.31. The first-order valence-corrected chi connectivity index (χ1v) is 3.55. The van der Waals surface area contributed by atoms with Gasteiger partial charge in [-0.25, -0.2) is 0 Å². The Balaban J connectivity index is 2.91. The number of aromatic nitrogens is 2. The Morgan fingerprint density at radius 2 is 2.00 bits per heavy atom. The molecule has 0 amide bonds. The molecule has 0 atom stereocenters. The lowest BCUT2D eigenvalue weighted by Crippen LogP contribution is -1.85. The molecule has 0 aliphatic carbocycles. The topological polar surface area (TPSA) is 25.8 Å². The zero-order valence-electron chi connectivity index (χ0n) is 6.28. The highest BCUT2D eigenvalue weighted by atomic mass is 15.1. The normalized spacial score (nSPS) is 10.3. The van der Waals surface area contributed by atoms with E-state index < -0.39 is 0 Å². The van der Waals surface area contributed by atoms with E-state index in [-0.39, 0.29) is 0 Å². The zero-order valence-corrected chi connectivity index (χ0v) is 6.28. The van der Waals surface area contributed by atoms with Crippen molar-refractivity contribution in [1.29, 1.82) is 0 Å². The summed E-state index contributed by atoms with van der Waals surface area (Å²) >= 11 is 0. The van der Waals surface area contributed by atoms with Gasteiger partial charge in [0.1, 0.15) is 0 Å². The average Bonchev–Trinajstić information content (AvgIpc) is 2.06. The molecular formula is C9H8N2. The van der Waals surface area contributed by atoms with Gasteiger partial charge in [-0.2, -0.15) is 10.2 Å². The molecule has 54 valence electrons. The smallest absolute Gasteiger partial charge is 0.0932 e. The highest BCUT2D eigenvalue weighted by Gasteiger charge is 1.94. The number of rotatable bonds is 0. The van der Waals surface area contributed by atoms with E-state index in [0.717, 1.165) is 5.52 Å². The first kappa shape index (κ1) is 6.28. The summed E-state index contributed by atoms with van der Waals surface area (Å²) in [6.07, 6.45) is 1.78. The molecule has 0 fully saturated rings. The van der Waals surface area contributed by atoms with Crippen LogP contribution >= 0.6 is 0 Å². The lowest BCUT2D eigenvalue weighted by Gasteiger charge is -1.96. The zero-order chi connectivity index (χ0) is 7.68. The van der Waals surface area contributed by atoms with E-state index in [2.05, 4.69) is 16.3 Å². The minimum absolute atomic E-state index is 0.965. The molecule has 11 heavy (non-hydrogen) atoms. The second-order valence-electron chi connectivity index (χ2n) is 2.54. The largest absolute Gasteiger partial charge is 0.158 e. The standard InChI is InChI=1S/C9H8N2/c1-7-6-10-11-9-5-3-2-4-8(7)9/h2-6H,1H3. The van der Waals surface area contributed by atoms with Crippen molar-refractivity contribution in [2.75, 3.05) is 0 Å². The van der Waals surface area contributed by atoms with Crippen LogP contribution < -0.4 is 0 Å². The summed E-state index contributed by atoms with van der Waals surface area (Å²) in [6, 6.07) is 8.00. The molecule has 1 aromatic carbocycles. The minimum atomic E-state index is 0.965. The van der Waals surface area contributed by atoms with E-state index in [4.69, 9.17) is 0 Å². The average molecular weight is 144 g/mol. The van der Waals surface area contributed by atoms with Crippen molar-refractivity contribution in [2.45, 2.75) is 6.92 Å². The maximum Gasteiger partial charge on any atom is 0.0932 e. The van der Waals surface area contributed by atoms with E-state index in [1.807, 2.05) is 25.1 Å². The van der Waals surface area contributed by atoms with Crippen LogP contribution in [0.2, 0.25) is 0 Å². The van der Waals surface area contributed by atoms with Crippen LogP contribution in [0.25, 0.3) is 10.9 Å². The summed E-state index contributed by atoms with van der Waals surface area (Å²) in [6.45, 7) is 2.04. The van der Waals surface area contributed by atoms with Gasteiger partial charge >= 0.3 is 0 Å². The van der Waals surface area contributed by atoms with Gasteiger partial charge in [0.2, 0.25) is 0 Å². The van der Waals surface area contributed by atoms with Gasteiger partial charge in [0.25, 0.3) is 0 Å². The van der Waals surface area contributed by atoms with Crippen molar-refractivity contribution in [3.8, 4) is 0 Å². The van der Waals surface area contributed by atoms with Crippen LogP contribution in [0, 0.1) is 6.92 Å². The van der Waals surface area contributed by atoms with Crippen LogP contribution in [0.4, 0.5) is 0 Å². The molecule has 0 N–H and O–H groups in total. The number of fused-ring (bicyclic) bond motifs is 1. The highest BCUT2D eigenvalue weighted by molar-refractivity contribution is 5.80. The summed E-state index contributed by atoms with van der Waals surface area (Å²) in [4.78, 5) is 0. The Morgan fingerprint density at radius 3 is 2.82 bits per heavy atom. The van der Waals surface area contributed by atoms with Gasteiger partial charge in [0.15, 0.2) is 0 Å². The van der Waals surface area contributed by atoms with Crippen LogP contribution in [0.1, 0.15) is 5.56 Å². The van der Waals surface area contributed by atoms with Crippen molar-refractivity contribution in [3.63, 3.8) is 0 Å². The lowest BCUT2D eigenvalue weighted by molar-refractivity contribution is 1.06. The fraction of sp³-hybridized carbons (Fsp3) is 0.111. The Kier molecular flexibility index (Phi) is 1.32.